The summed E-state index contributed by atoms with van der Waals surface area (Å²) in [5.41, 5.74) is 2.86. The molecule has 0 nitrogen and oxygen atoms in total. The molecule has 0 aromatic carbocycles. The number of allylic oxidation sites excluding steroid dienone is 6. The highest BCUT2D eigenvalue weighted by Gasteiger charge is 1.89. The second kappa shape index (κ2) is 7.61. The maximum Gasteiger partial charge on any atom is -0.0261 e. The van der Waals surface area contributed by atoms with E-state index in [0.29, 0.717) is 5.92 Å². The summed E-state index contributed by atoms with van der Waals surface area (Å²) in [4.78, 5) is 0. The second-order valence-electron chi connectivity index (χ2n) is 3.95. The van der Waals surface area contributed by atoms with E-state index in [-0.39, 0.29) is 0 Å². The molecular formula is C14H24. The van der Waals surface area contributed by atoms with Crippen LogP contribution in [-0.4, -0.2) is 0 Å². The minimum absolute atomic E-state index is 0.691. The number of hydrogen-bond acceptors (Lipinski definition) is 0. The van der Waals surface area contributed by atoms with Gasteiger partial charge in [-0.05, 0) is 26.2 Å². The summed E-state index contributed by atoms with van der Waals surface area (Å²) in [6, 6.07) is 0. The summed E-state index contributed by atoms with van der Waals surface area (Å²) in [6.45, 7) is 11.0. The SMILES string of the molecule is CCC(C)=C(C)/C=C\C=C/C(C)CC. The fourth-order valence-corrected chi connectivity index (χ4v) is 1.01. The molecule has 0 aliphatic rings. The third-order valence-corrected chi connectivity index (χ3v) is 2.74. The minimum Gasteiger partial charge on any atom is -0.0817 e. The van der Waals surface area contributed by atoms with Gasteiger partial charge in [-0.25, -0.2) is 0 Å². The predicted molar refractivity (Wildman–Crippen MR) is 66.4 cm³/mol. The Hall–Kier alpha value is -0.780. The Bertz CT molecular complexity index is 228. The van der Waals surface area contributed by atoms with Gasteiger partial charge in [0.15, 0.2) is 0 Å². The average Bonchev–Trinajstić information content (AvgIpc) is 2.22. The van der Waals surface area contributed by atoms with Gasteiger partial charge < -0.3 is 0 Å². The average molecular weight is 192 g/mol. The maximum absolute atomic E-state index is 2.26. The number of hydrogen-bond donors (Lipinski definition) is 0. The van der Waals surface area contributed by atoms with E-state index in [1.165, 1.54) is 17.6 Å². The molecule has 0 radical (unpaired) electrons. The molecule has 0 aliphatic heterocycles. The van der Waals surface area contributed by atoms with Gasteiger partial charge in [0.25, 0.3) is 0 Å². The first-order chi connectivity index (χ1) is 6.61. The van der Waals surface area contributed by atoms with Crippen molar-refractivity contribution in [3.8, 4) is 0 Å². The molecule has 0 amide bonds. The van der Waals surface area contributed by atoms with Gasteiger partial charge in [0.05, 0.1) is 0 Å². The molecule has 0 N–H and O–H groups in total. The summed E-state index contributed by atoms with van der Waals surface area (Å²) in [6.07, 6.45) is 11.1. The van der Waals surface area contributed by atoms with Crippen LogP contribution in [0, 0.1) is 5.92 Å². The second-order valence-corrected chi connectivity index (χ2v) is 3.95. The predicted octanol–water partition coefficient (Wildman–Crippen LogP) is 4.89. The first-order valence-corrected chi connectivity index (χ1v) is 5.63. The zero-order valence-electron chi connectivity index (χ0n) is 10.3. The molecule has 0 spiro atoms. The van der Waals surface area contributed by atoms with Crippen molar-refractivity contribution in [2.75, 3.05) is 0 Å². The molecule has 0 rings (SSSR count). The molecule has 0 aliphatic carbocycles. The first-order valence-electron chi connectivity index (χ1n) is 5.63. The van der Waals surface area contributed by atoms with Crippen LogP contribution < -0.4 is 0 Å². The van der Waals surface area contributed by atoms with Crippen LogP contribution in [0.15, 0.2) is 35.5 Å². The lowest BCUT2D eigenvalue weighted by atomic mass is 10.1. The molecule has 0 saturated carbocycles. The monoisotopic (exact) mass is 192 g/mol. The van der Waals surface area contributed by atoms with Crippen molar-refractivity contribution in [3.05, 3.63) is 35.5 Å². The zero-order chi connectivity index (χ0) is 11.0. The van der Waals surface area contributed by atoms with Gasteiger partial charge >= 0.3 is 0 Å². The highest BCUT2D eigenvalue weighted by molar-refractivity contribution is 5.24. The lowest BCUT2D eigenvalue weighted by molar-refractivity contribution is 0.698. The Labute approximate surface area is 89.4 Å². The van der Waals surface area contributed by atoms with Crippen molar-refractivity contribution in [3.63, 3.8) is 0 Å². The van der Waals surface area contributed by atoms with E-state index in [1.807, 2.05) is 0 Å². The van der Waals surface area contributed by atoms with E-state index in [0.717, 1.165) is 6.42 Å². The van der Waals surface area contributed by atoms with Crippen LogP contribution in [0.25, 0.3) is 0 Å². The van der Waals surface area contributed by atoms with Gasteiger partial charge in [-0.15, -0.1) is 0 Å². The van der Waals surface area contributed by atoms with E-state index in [9.17, 15) is 0 Å². The topological polar surface area (TPSA) is 0 Å². The Morgan fingerprint density at radius 2 is 1.79 bits per heavy atom. The van der Waals surface area contributed by atoms with E-state index in [1.54, 1.807) is 0 Å². The van der Waals surface area contributed by atoms with Gasteiger partial charge in [-0.2, -0.15) is 0 Å². The van der Waals surface area contributed by atoms with Crippen LogP contribution in [0.1, 0.15) is 47.5 Å². The first kappa shape index (κ1) is 13.2. The van der Waals surface area contributed by atoms with Crippen LogP contribution >= 0.6 is 0 Å². The van der Waals surface area contributed by atoms with Gasteiger partial charge in [-0.1, -0.05) is 62.6 Å². The van der Waals surface area contributed by atoms with Crippen LogP contribution in [0.4, 0.5) is 0 Å². The van der Waals surface area contributed by atoms with Crippen molar-refractivity contribution in [1.29, 1.82) is 0 Å². The summed E-state index contributed by atoms with van der Waals surface area (Å²) < 4.78 is 0. The molecule has 0 aromatic heterocycles. The van der Waals surface area contributed by atoms with Gasteiger partial charge in [0.2, 0.25) is 0 Å². The van der Waals surface area contributed by atoms with Gasteiger partial charge in [0, 0.05) is 0 Å². The third-order valence-electron chi connectivity index (χ3n) is 2.74. The van der Waals surface area contributed by atoms with Crippen molar-refractivity contribution in [1.82, 2.24) is 0 Å². The fraction of sp³-hybridized carbons (Fsp3) is 0.571. The summed E-state index contributed by atoms with van der Waals surface area (Å²) in [5, 5.41) is 0. The van der Waals surface area contributed by atoms with Gasteiger partial charge in [0.1, 0.15) is 0 Å². The molecule has 0 bridgehead atoms. The van der Waals surface area contributed by atoms with E-state index >= 15 is 0 Å². The fourth-order valence-electron chi connectivity index (χ4n) is 1.01. The zero-order valence-corrected chi connectivity index (χ0v) is 10.3. The van der Waals surface area contributed by atoms with Crippen LogP contribution in [0.2, 0.25) is 0 Å². The van der Waals surface area contributed by atoms with Crippen molar-refractivity contribution >= 4 is 0 Å². The molecular weight excluding hydrogens is 168 g/mol. The molecule has 0 aromatic rings. The molecule has 1 atom stereocenters. The van der Waals surface area contributed by atoms with E-state index in [2.05, 4.69) is 58.9 Å². The molecule has 0 heterocycles. The maximum atomic E-state index is 2.26. The largest absolute Gasteiger partial charge is 0.0817 e. The molecule has 80 valence electrons. The van der Waals surface area contributed by atoms with E-state index in [4.69, 9.17) is 0 Å². The quantitative estimate of drug-likeness (QED) is 0.544. The lowest BCUT2D eigenvalue weighted by Gasteiger charge is -1.99. The highest BCUT2D eigenvalue weighted by Crippen LogP contribution is 2.08. The standard InChI is InChI=1S/C14H24/c1-6-12(3)10-8-9-11-14(5)13(4)7-2/h8-12H,6-7H2,1-5H3/b10-8-,11-9-,14-13?. The van der Waals surface area contributed by atoms with Crippen LogP contribution in [0.5, 0.6) is 0 Å². The molecule has 1 unspecified atom stereocenters. The molecule has 0 fully saturated rings. The molecule has 14 heavy (non-hydrogen) atoms. The summed E-state index contributed by atoms with van der Waals surface area (Å²) >= 11 is 0. The normalized spacial score (nSPS) is 16.4. The Kier molecular flexibility index (Phi) is 7.18. The summed E-state index contributed by atoms with van der Waals surface area (Å²) in [7, 11) is 0. The smallest absolute Gasteiger partial charge is 0.0261 e. The van der Waals surface area contributed by atoms with Crippen molar-refractivity contribution in [2.45, 2.75) is 47.5 Å². The van der Waals surface area contributed by atoms with Crippen molar-refractivity contribution < 1.29 is 0 Å². The van der Waals surface area contributed by atoms with Crippen LogP contribution in [0.3, 0.4) is 0 Å². The van der Waals surface area contributed by atoms with Crippen molar-refractivity contribution in [2.24, 2.45) is 5.92 Å². The number of rotatable bonds is 5. The van der Waals surface area contributed by atoms with Gasteiger partial charge in [-0.3, -0.25) is 0 Å². The Morgan fingerprint density at radius 3 is 2.29 bits per heavy atom. The molecule has 0 saturated heterocycles. The highest BCUT2D eigenvalue weighted by atomic mass is 14.0. The lowest BCUT2D eigenvalue weighted by Crippen LogP contribution is -1.82. The van der Waals surface area contributed by atoms with E-state index < -0.39 is 0 Å². The molecule has 0 heteroatoms. The van der Waals surface area contributed by atoms with Crippen LogP contribution in [-0.2, 0) is 0 Å². The summed E-state index contributed by atoms with van der Waals surface area (Å²) in [5.74, 6) is 0.691. The Morgan fingerprint density at radius 1 is 1.14 bits per heavy atom. The Balaban J connectivity index is 4.13. The minimum atomic E-state index is 0.691. The third kappa shape index (κ3) is 5.80.